The third-order valence-corrected chi connectivity index (χ3v) is 5.06. The smallest absolute Gasteiger partial charge is 0.235 e. The fourth-order valence-corrected chi connectivity index (χ4v) is 3.92. The number of amides is 1. The third-order valence-electron chi connectivity index (χ3n) is 3.01. The van der Waals surface area contributed by atoms with Crippen LogP contribution in [0.15, 0.2) is 34.7 Å². The highest BCUT2D eigenvalue weighted by molar-refractivity contribution is 8.02. The average Bonchev–Trinajstić information content (AvgIpc) is 2.94. The number of nitrogens with zero attached hydrogens (tertiary/aromatic N) is 3. The first-order chi connectivity index (χ1) is 10.6. The Morgan fingerprint density at radius 2 is 2.05 bits per heavy atom. The molecule has 118 valence electrons. The molecular weight excluding hydrogens is 316 g/mol. The van der Waals surface area contributed by atoms with Gasteiger partial charge in [-0.1, -0.05) is 53.4 Å². The van der Waals surface area contributed by atoms with Crippen LogP contribution in [0.4, 0.5) is 5.13 Å². The average molecular weight is 336 g/mol. The van der Waals surface area contributed by atoms with Crippen LogP contribution in [-0.2, 0) is 11.2 Å². The standard InChI is InChI=1S/C15H20N4OS2/c1-11(13(20)19(2)3)21-15-18-17-14(22-15)16-10-9-12-7-5-4-6-8-12/h4-8,11H,9-10H2,1-3H3,(H,16,17). The summed E-state index contributed by atoms with van der Waals surface area (Å²) in [7, 11) is 3.52. The van der Waals surface area contributed by atoms with Gasteiger partial charge in [-0.2, -0.15) is 0 Å². The van der Waals surface area contributed by atoms with Crippen molar-refractivity contribution in [1.29, 1.82) is 0 Å². The summed E-state index contributed by atoms with van der Waals surface area (Å²) in [5, 5.41) is 12.2. The van der Waals surface area contributed by atoms with E-state index in [0.717, 1.165) is 22.4 Å². The predicted octanol–water partition coefficient (Wildman–Crippen LogP) is 2.76. The van der Waals surface area contributed by atoms with Crippen molar-refractivity contribution in [2.24, 2.45) is 0 Å². The molecule has 1 aromatic heterocycles. The Bertz CT molecular complexity index is 601. The second-order valence-corrected chi connectivity index (χ2v) is 7.59. The third kappa shape index (κ3) is 4.99. The van der Waals surface area contributed by atoms with Gasteiger partial charge in [-0.3, -0.25) is 4.79 Å². The molecule has 5 nitrogen and oxygen atoms in total. The van der Waals surface area contributed by atoms with Gasteiger partial charge in [0.2, 0.25) is 11.0 Å². The summed E-state index contributed by atoms with van der Waals surface area (Å²) in [5.41, 5.74) is 1.29. The zero-order chi connectivity index (χ0) is 15.9. The van der Waals surface area contributed by atoms with E-state index in [9.17, 15) is 4.79 Å². The van der Waals surface area contributed by atoms with E-state index >= 15 is 0 Å². The maximum absolute atomic E-state index is 11.8. The molecule has 0 bridgehead atoms. The maximum Gasteiger partial charge on any atom is 0.235 e. The van der Waals surface area contributed by atoms with E-state index in [0.29, 0.717) is 0 Å². The van der Waals surface area contributed by atoms with Crippen LogP contribution in [-0.4, -0.2) is 46.9 Å². The molecule has 0 spiro atoms. The van der Waals surface area contributed by atoms with E-state index in [2.05, 4.69) is 27.6 Å². The van der Waals surface area contributed by atoms with Crippen LogP contribution >= 0.6 is 23.1 Å². The van der Waals surface area contributed by atoms with E-state index in [1.165, 1.54) is 28.7 Å². The second-order valence-electron chi connectivity index (χ2n) is 5.03. The topological polar surface area (TPSA) is 58.1 Å². The molecule has 0 aliphatic rings. The number of benzene rings is 1. The van der Waals surface area contributed by atoms with Gasteiger partial charge >= 0.3 is 0 Å². The molecule has 0 aliphatic carbocycles. The summed E-state index contributed by atoms with van der Waals surface area (Å²) in [5.74, 6) is 0.0822. The van der Waals surface area contributed by atoms with Crippen LogP contribution in [0.3, 0.4) is 0 Å². The molecule has 0 saturated heterocycles. The molecule has 1 heterocycles. The summed E-state index contributed by atoms with van der Waals surface area (Å²) in [6.07, 6.45) is 0.943. The molecule has 0 saturated carbocycles. The summed E-state index contributed by atoms with van der Waals surface area (Å²) < 4.78 is 0.810. The van der Waals surface area contributed by atoms with Gasteiger partial charge in [0.15, 0.2) is 4.34 Å². The van der Waals surface area contributed by atoms with Crippen molar-refractivity contribution in [3.8, 4) is 0 Å². The van der Waals surface area contributed by atoms with Gasteiger partial charge < -0.3 is 10.2 Å². The van der Waals surface area contributed by atoms with Gasteiger partial charge in [0.05, 0.1) is 5.25 Å². The van der Waals surface area contributed by atoms with Crippen LogP contribution in [0.1, 0.15) is 12.5 Å². The molecular formula is C15H20N4OS2. The molecule has 0 aliphatic heterocycles. The number of hydrogen-bond donors (Lipinski definition) is 1. The summed E-state index contributed by atoms with van der Waals surface area (Å²) in [6.45, 7) is 2.70. The molecule has 22 heavy (non-hydrogen) atoms. The number of nitrogens with one attached hydrogen (secondary N) is 1. The van der Waals surface area contributed by atoms with Crippen LogP contribution in [0.5, 0.6) is 0 Å². The highest BCUT2D eigenvalue weighted by Gasteiger charge is 2.18. The summed E-state index contributed by atoms with van der Waals surface area (Å²) in [4.78, 5) is 13.4. The van der Waals surface area contributed by atoms with Crippen LogP contribution in [0, 0.1) is 0 Å². The van der Waals surface area contributed by atoms with E-state index in [1.807, 2.05) is 25.1 Å². The fraction of sp³-hybridized carbons (Fsp3) is 0.400. The monoisotopic (exact) mass is 336 g/mol. The Morgan fingerprint density at radius 3 is 2.73 bits per heavy atom. The van der Waals surface area contributed by atoms with Gasteiger partial charge in [0.1, 0.15) is 0 Å². The van der Waals surface area contributed by atoms with Gasteiger partial charge in [0, 0.05) is 20.6 Å². The molecule has 2 rings (SSSR count). The highest BCUT2D eigenvalue weighted by Crippen LogP contribution is 2.29. The largest absolute Gasteiger partial charge is 0.360 e. The van der Waals surface area contributed by atoms with Gasteiger partial charge in [-0.15, -0.1) is 10.2 Å². The molecule has 1 aromatic carbocycles. The van der Waals surface area contributed by atoms with Gasteiger partial charge in [-0.25, -0.2) is 0 Å². The van der Waals surface area contributed by atoms with Crippen LogP contribution < -0.4 is 5.32 Å². The normalized spacial score (nSPS) is 12.0. The molecule has 1 unspecified atom stereocenters. The van der Waals surface area contributed by atoms with E-state index < -0.39 is 0 Å². The quantitative estimate of drug-likeness (QED) is 0.788. The lowest BCUT2D eigenvalue weighted by Crippen LogP contribution is -2.29. The van der Waals surface area contributed by atoms with Crippen molar-refractivity contribution in [3.63, 3.8) is 0 Å². The SMILES string of the molecule is CC(Sc1nnc(NCCc2ccccc2)s1)C(=O)N(C)C. The van der Waals surface area contributed by atoms with Crippen LogP contribution in [0.25, 0.3) is 0 Å². The van der Waals surface area contributed by atoms with Gasteiger partial charge in [-0.05, 0) is 18.9 Å². The van der Waals surface area contributed by atoms with E-state index in [4.69, 9.17) is 0 Å². The molecule has 1 amide bonds. The molecule has 2 aromatic rings. The van der Waals surface area contributed by atoms with Crippen LogP contribution in [0.2, 0.25) is 0 Å². The lowest BCUT2D eigenvalue weighted by Gasteiger charge is -2.14. The Labute approximate surface area is 139 Å². The Balaban J connectivity index is 1.80. The Morgan fingerprint density at radius 1 is 1.32 bits per heavy atom. The lowest BCUT2D eigenvalue weighted by atomic mass is 10.2. The lowest BCUT2D eigenvalue weighted by molar-refractivity contribution is -0.127. The summed E-state index contributed by atoms with van der Waals surface area (Å²) >= 11 is 2.93. The zero-order valence-corrected chi connectivity index (χ0v) is 14.6. The number of rotatable bonds is 7. The summed E-state index contributed by atoms with van der Waals surface area (Å²) in [6, 6.07) is 10.3. The minimum atomic E-state index is -0.153. The Hall–Kier alpha value is -1.60. The van der Waals surface area contributed by atoms with Crippen molar-refractivity contribution in [2.75, 3.05) is 26.0 Å². The molecule has 0 fully saturated rings. The number of hydrogen-bond acceptors (Lipinski definition) is 6. The number of aromatic nitrogens is 2. The first-order valence-corrected chi connectivity index (χ1v) is 8.75. The van der Waals surface area contributed by atoms with Crippen molar-refractivity contribution >= 4 is 34.1 Å². The minimum absolute atomic E-state index is 0.0822. The molecule has 7 heteroatoms. The van der Waals surface area contributed by atoms with Crippen molar-refractivity contribution in [3.05, 3.63) is 35.9 Å². The fourth-order valence-electron chi connectivity index (χ4n) is 1.85. The molecule has 1 N–H and O–H groups in total. The Kier molecular flexibility index (Phi) is 6.21. The first kappa shape index (κ1) is 16.8. The first-order valence-electron chi connectivity index (χ1n) is 7.05. The van der Waals surface area contributed by atoms with Gasteiger partial charge in [0.25, 0.3) is 0 Å². The minimum Gasteiger partial charge on any atom is -0.360 e. The number of anilines is 1. The predicted molar refractivity (Wildman–Crippen MR) is 92.6 cm³/mol. The highest BCUT2D eigenvalue weighted by atomic mass is 32.2. The van der Waals surface area contributed by atoms with Crippen molar-refractivity contribution < 1.29 is 4.79 Å². The molecule has 0 radical (unpaired) electrons. The number of carbonyl (C=O) groups is 1. The molecule has 1 atom stereocenters. The van der Waals surface area contributed by atoms with Crippen molar-refractivity contribution in [1.82, 2.24) is 15.1 Å². The number of thioether (sulfide) groups is 1. The van der Waals surface area contributed by atoms with E-state index in [-0.39, 0.29) is 11.2 Å². The second kappa shape index (κ2) is 8.14. The zero-order valence-electron chi connectivity index (χ0n) is 12.9. The van der Waals surface area contributed by atoms with E-state index in [1.54, 1.807) is 19.0 Å². The maximum atomic E-state index is 11.8. The van der Waals surface area contributed by atoms with Crippen molar-refractivity contribution in [2.45, 2.75) is 22.9 Å². The number of carbonyl (C=O) groups excluding carboxylic acids is 1.